The van der Waals surface area contributed by atoms with Gasteiger partial charge in [-0.25, -0.2) is 4.79 Å². The minimum Gasteiger partial charge on any atom is -0.465 e. The largest absolute Gasteiger partial charge is 0.465 e. The fraction of sp³-hybridized carbons (Fsp3) is 0.625. The Morgan fingerprint density at radius 2 is 1.69 bits per heavy atom. The summed E-state index contributed by atoms with van der Waals surface area (Å²) in [5.41, 5.74) is 7.51. The molecule has 2 fully saturated rings. The number of carbonyl (C=O) groups excluding carboxylic acids is 2. The fourth-order valence-electron chi connectivity index (χ4n) is 4.46. The highest BCUT2D eigenvalue weighted by Gasteiger charge is 2.30. The van der Waals surface area contributed by atoms with Gasteiger partial charge in [0.2, 0.25) is 0 Å². The van der Waals surface area contributed by atoms with Gasteiger partial charge in [0.25, 0.3) is 0 Å². The predicted octanol–water partition coefficient (Wildman–Crippen LogP) is 4.04. The smallest absolute Gasteiger partial charge is 0.317 e. The van der Waals surface area contributed by atoms with Crippen molar-refractivity contribution in [3.8, 4) is 0 Å². The number of nitrogens with one attached hydrogen (secondary N) is 2. The third-order valence-electron chi connectivity index (χ3n) is 6.42. The lowest BCUT2D eigenvalue weighted by Gasteiger charge is -2.35. The van der Waals surface area contributed by atoms with Crippen LogP contribution in [-0.4, -0.2) is 48.5 Å². The maximum Gasteiger partial charge on any atom is 0.317 e. The van der Waals surface area contributed by atoms with E-state index in [0.29, 0.717) is 18.4 Å². The second-order valence-corrected chi connectivity index (χ2v) is 9.32. The first-order valence-corrected chi connectivity index (χ1v) is 11.5. The lowest BCUT2D eigenvalue weighted by molar-refractivity contribution is -0.150. The molecule has 1 saturated carbocycles. The van der Waals surface area contributed by atoms with Crippen molar-refractivity contribution in [2.24, 2.45) is 17.6 Å². The molecule has 32 heavy (non-hydrogen) atoms. The second kappa shape index (κ2) is 12.1. The van der Waals surface area contributed by atoms with E-state index in [-0.39, 0.29) is 42.2 Å². The SMILES string of the molecule is CC(C)COC(=O)[C@H]1CC[C@H](NC(=O)N2CCC(c3ccc(C(=N)N)cc3)CC2)CC1.Cl. The number of rotatable bonds is 6. The highest BCUT2D eigenvalue weighted by molar-refractivity contribution is 5.94. The van der Waals surface area contributed by atoms with Crippen LogP contribution in [0.2, 0.25) is 0 Å². The topological polar surface area (TPSA) is 109 Å². The molecule has 1 heterocycles. The average Bonchev–Trinajstić information content (AvgIpc) is 2.78. The molecule has 7 nitrogen and oxygen atoms in total. The highest BCUT2D eigenvalue weighted by atomic mass is 35.5. The zero-order chi connectivity index (χ0) is 22.4. The average molecular weight is 465 g/mol. The van der Waals surface area contributed by atoms with E-state index < -0.39 is 0 Å². The number of amidine groups is 1. The molecule has 1 aromatic carbocycles. The lowest BCUT2D eigenvalue weighted by atomic mass is 9.86. The Balaban J connectivity index is 0.00000363. The molecule has 0 radical (unpaired) electrons. The number of nitrogen functional groups attached to an aromatic ring is 1. The van der Waals surface area contributed by atoms with E-state index in [0.717, 1.165) is 57.2 Å². The van der Waals surface area contributed by atoms with E-state index in [9.17, 15) is 9.59 Å². The molecule has 0 spiro atoms. The van der Waals surface area contributed by atoms with Gasteiger partial charge in [-0.3, -0.25) is 10.2 Å². The number of amides is 2. The Bertz CT molecular complexity index is 768. The van der Waals surface area contributed by atoms with Gasteiger partial charge in [-0.2, -0.15) is 0 Å². The first-order valence-electron chi connectivity index (χ1n) is 11.5. The number of carbonyl (C=O) groups is 2. The Hall–Kier alpha value is -2.28. The van der Waals surface area contributed by atoms with Gasteiger partial charge in [0.1, 0.15) is 5.84 Å². The van der Waals surface area contributed by atoms with Crippen molar-refractivity contribution in [3.63, 3.8) is 0 Å². The summed E-state index contributed by atoms with van der Waals surface area (Å²) in [5, 5.41) is 10.7. The van der Waals surface area contributed by atoms with Crippen LogP contribution in [0.25, 0.3) is 0 Å². The maximum atomic E-state index is 12.7. The number of piperidine rings is 1. The number of hydrogen-bond acceptors (Lipinski definition) is 4. The van der Waals surface area contributed by atoms with Gasteiger partial charge in [0, 0.05) is 24.7 Å². The summed E-state index contributed by atoms with van der Waals surface area (Å²) in [6, 6.07) is 8.02. The van der Waals surface area contributed by atoms with E-state index in [1.165, 1.54) is 5.56 Å². The molecule has 178 valence electrons. The maximum absolute atomic E-state index is 12.7. The Labute approximate surface area is 197 Å². The van der Waals surface area contributed by atoms with Crippen LogP contribution in [0, 0.1) is 17.2 Å². The van der Waals surface area contributed by atoms with E-state index in [1.807, 2.05) is 43.0 Å². The molecule has 8 heteroatoms. The van der Waals surface area contributed by atoms with Crippen LogP contribution in [0.15, 0.2) is 24.3 Å². The van der Waals surface area contributed by atoms with Gasteiger partial charge in [-0.1, -0.05) is 38.1 Å². The predicted molar refractivity (Wildman–Crippen MR) is 128 cm³/mol. The van der Waals surface area contributed by atoms with E-state index in [2.05, 4.69) is 5.32 Å². The number of urea groups is 1. The highest BCUT2D eigenvalue weighted by Crippen LogP contribution is 2.29. The molecule has 3 rings (SSSR count). The summed E-state index contributed by atoms with van der Waals surface area (Å²) in [6.45, 7) is 6.02. The van der Waals surface area contributed by atoms with Gasteiger partial charge in [-0.15, -0.1) is 12.4 Å². The molecule has 2 aliphatic rings. The number of likely N-dealkylation sites (tertiary alicyclic amines) is 1. The van der Waals surface area contributed by atoms with Crippen LogP contribution in [0.3, 0.4) is 0 Å². The monoisotopic (exact) mass is 464 g/mol. The van der Waals surface area contributed by atoms with Crippen LogP contribution in [0.5, 0.6) is 0 Å². The Morgan fingerprint density at radius 1 is 1.09 bits per heavy atom. The van der Waals surface area contributed by atoms with Crippen LogP contribution in [-0.2, 0) is 9.53 Å². The van der Waals surface area contributed by atoms with Crippen LogP contribution in [0.1, 0.15) is 69.4 Å². The zero-order valence-corrected chi connectivity index (χ0v) is 20.0. The molecular weight excluding hydrogens is 428 g/mol. The minimum absolute atomic E-state index is 0. The molecular formula is C24H37ClN4O3. The van der Waals surface area contributed by atoms with Crippen molar-refractivity contribution in [1.82, 2.24) is 10.2 Å². The second-order valence-electron chi connectivity index (χ2n) is 9.32. The quantitative estimate of drug-likeness (QED) is 0.335. The van der Waals surface area contributed by atoms with Crippen LogP contribution >= 0.6 is 12.4 Å². The number of ether oxygens (including phenoxy) is 1. The fourth-order valence-corrected chi connectivity index (χ4v) is 4.46. The number of hydrogen-bond donors (Lipinski definition) is 3. The normalized spacial score (nSPS) is 21.5. The third kappa shape index (κ3) is 7.12. The zero-order valence-electron chi connectivity index (χ0n) is 19.1. The summed E-state index contributed by atoms with van der Waals surface area (Å²) in [6.07, 6.45) is 5.07. The molecule has 4 N–H and O–H groups in total. The van der Waals surface area contributed by atoms with Gasteiger partial charge in [0.15, 0.2) is 0 Å². The van der Waals surface area contributed by atoms with E-state index in [1.54, 1.807) is 0 Å². The van der Waals surface area contributed by atoms with Crippen molar-refractivity contribution in [1.29, 1.82) is 5.41 Å². The van der Waals surface area contributed by atoms with E-state index >= 15 is 0 Å². The number of esters is 1. The number of nitrogens with zero attached hydrogens (tertiary/aromatic N) is 1. The standard InChI is InChI=1S/C24H36N4O3.ClH/c1-16(2)15-31-23(29)20-7-9-21(10-8-20)27-24(30)28-13-11-18(12-14-28)17-3-5-19(6-4-17)22(25)26;/h3-6,16,18,20-21H,7-15H2,1-2H3,(H3,25,26)(H,27,30);1H/t20-,21-;. The van der Waals surface area contributed by atoms with Crippen molar-refractivity contribution in [2.45, 2.75) is 64.3 Å². The van der Waals surface area contributed by atoms with Crippen molar-refractivity contribution >= 4 is 30.2 Å². The van der Waals surface area contributed by atoms with Crippen molar-refractivity contribution in [3.05, 3.63) is 35.4 Å². The number of halogens is 1. The molecule has 0 unspecified atom stereocenters. The minimum atomic E-state index is -0.0862. The molecule has 0 aromatic heterocycles. The third-order valence-corrected chi connectivity index (χ3v) is 6.42. The van der Waals surface area contributed by atoms with Crippen LogP contribution < -0.4 is 11.1 Å². The Morgan fingerprint density at radius 3 is 2.22 bits per heavy atom. The summed E-state index contributed by atoms with van der Waals surface area (Å²) in [4.78, 5) is 26.8. The van der Waals surface area contributed by atoms with Gasteiger partial charge in [0.05, 0.1) is 12.5 Å². The van der Waals surface area contributed by atoms with Gasteiger partial charge < -0.3 is 20.7 Å². The molecule has 0 bridgehead atoms. The van der Waals surface area contributed by atoms with Gasteiger partial charge in [-0.05, 0) is 55.9 Å². The van der Waals surface area contributed by atoms with Gasteiger partial charge >= 0.3 is 12.0 Å². The molecule has 1 aliphatic carbocycles. The van der Waals surface area contributed by atoms with Crippen molar-refractivity contribution < 1.29 is 14.3 Å². The molecule has 0 atom stereocenters. The summed E-state index contributed by atoms with van der Waals surface area (Å²) >= 11 is 0. The summed E-state index contributed by atoms with van der Waals surface area (Å²) in [7, 11) is 0. The Kier molecular flexibility index (Phi) is 9.82. The molecule has 1 aromatic rings. The molecule has 1 aliphatic heterocycles. The first-order chi connectivity index (χ1) is 14.8. The van der Waals surface area contributed by atoms with Crippen molar-refractivity contribution in [2.75, 3.05) is 19.7 Å². The van der Waals surface area contributed by atoms with E-state index in [4.69, 9.17) is 15.9 Å². The lowest BCUT2D eigenvalue weighted by Crippen LogP contribution is -2.48. The summed E-state index contributed by atoms with van der Waals surface area (Å²) < 4.78 is 5.37. The molecule has 2 amide bonds. The number of nitrogens with two attached hydrogens (primary N) is 1. The number of benzene rings is 1. The summed E-state index contributed by atoms with van der Waals surface area (Å²) in [5.74, 6) is 0.745. The first kappa shape index (κ1) is 26.0. The van der Waals surface area contributed by atoms with Crippen LogP contribution in [0.4, 0.5) is 4.79 Å². The molecule has 1 saturated heterocycles.